The van der Waals surface area contributed by atoms with Gasteiger partial charge in [-0.05, 0) is 25.6 Å². The van der Waals surface area contributed by atoms with Crippen LogP contribution in [-0.4, -0.2) is 47.6 Å². The Balaban J connectivity index is 1.75. The van der Waals surface area contributed by atoms with Crippen molar-refractivity contribution in [1.82, 2.24) is 14.9 Å². The maximum atomic E-state index is 4.69. The van der Waals surface area contributed by atoms with E-state index in [4.69, 9.17) is 0 Å². The highest BCUT2D eigenvalue weighted by atomic mass is 15.3. The van der Waals surface area contributed by atoms with E-state index in [2.05, 4.69) is 32.0 Å². The first kappa shape index (κ1) is 14.8. The molecule has 0 radical (unpaired) electrons. The molecule has 0 unspecified atom stereocenters. The number of piperazine rings is 1. The standard InChI is InChI=1S/C17H23N5/c1-3-21-9-11-22(12-10-21)17-18-14(2)13-16(20-17)19-15-7-5-4-6-8-15/h4-8,13H,3,9-12H2,1-2H3,(H,18,19,20). The quantitative estimate of drug-likeness (QED) is 0.940. The van der Waals surface area contributed by atoms with Crippen molar-refractivity contribution in [3.63, 3.8) is 0 Å². The van der Waals surface area contributed by atoms with Gasteiger partial charge in [0.15, 0.2) is 0 Å². The number of likely N-dealkylation sites (N-methyl/N-ethyl adjacent to an activating group) is 1. The normalized spacial score (nSPS) is 15.8. The molecule has 22 heavy (non-hydrogen) atoms. The van der Waals surface area contributed by atoms with Crippen LogP contribution in [0, 0.1) is 6.92 Å². The Morgan fingerprint density at radius 1 is 1.05 bits per heavy atom. The van der Waals surface area contributed by atoms with Crippen molar-refractivity contribution >= 4 is 17.5 Å². The van der Waals surface area contributed by atoms with E-state index < -0.39 is 0 Å². The number of benzene rings is 1. The molecule has 5 heteroatoms. The number of nitrogens with one attached hydrogen (secondary N) is 1. The summed E-state index contributed by atoms with van der Waals surface area (Å²) in [6.07, 6.45) is 0. The fourth-order valence-electron chi connectivity index (χ4n) is 2.69. The van der Waals surface area contributed by atoms with E-state index in [1.54, 1.807) is 0 Å². The summed E-state index contributed by atoms with van der Waals surface area (Å²) in [5.74, 6) is 1.68. The van der Waals surface area contributed by atoms with Gasteiger partial charge in [-0.1, -0.05) is 25.1 Å². The van der Waals surface area contributed by atoms with E-state index in [1.807, 2.05) is 43.3 Å². The van der Waals surface area contributed by atoms with Crippen LogP contribution in [0.2, 0.25) is 0 Å². The summed E-state index contributed by atoms with van der Waals surface area (Å²) in [6.45, 7) is 9.47. The van der Waals surface area contributed by atoms with Gasteiger partial charge in [0.05, 0.1) is 0 Å². The molecule has 2 aromatic rings. The van der Waals surface area contributed by atoms with E-state index in [0.717, 1.165) is 55.9 Å². The van der Waals surface area contributed by atoms with Gasteiger partial charge in [0.2, 0.25) is 5.95 Å². The Hall–Kier alpha value is -2.14. The number of hydrogen-bond donors (Lipinski definition) is 1. The first-order valence-corrected chi connectivity index (χ1v) is 7.89. The maximum absolute atomic E-state index is 4.69. The van der Waals surface area contributed by atoms with Gasteiger partial charge in [0.25, 0.3) is 0 Å². The summed E-state index contributed by atoms with van der Waals surface area (Å²) in [4.78, 5) is 14.0. The predicted molar refractivity (Wildman–Crippen MR) is 90.8 cm³/mol. The number of anilines is 3. The molecule has 1 aliphatic heterocycles. The smallest absolute Gasteiger partial charge is 0.227 e. The lowest BCUT2D eigenvalue weighted by Crippen LogP contribution is -2.46. The first-order valence-electron chi connectivity index (χ1n) is 7.89. The number of aromatic nitrogens is 2. The number of hydrogen-bond acceptors (Lipinski definition) is 5. The largest absolute Gasteiger partial charge is 0.340 e. The predicted octanol–water partition coefficient (Wildman–Crippen LogP) is 2.67. The second-order valence-corrected chi connectivity index (χ2v) is 5.61. The van der Waals surface area contributed by atoms with Crippen LogP contribution >= 0.6 is 0 Å². The van der Waals surface area contributed by atoms with Crippen molar-refractivity contribution in [1.29, 1.82) is 0 Å². The van der Waals surface area contributed by atoms with Gasteiger partial charge in [0, 0.05) is 43.6 Å². The average molecular weight is 297 g/mol. The number of rotatable bonds is 4. The van der Waals surface area contributed by atoms with Crippen molar-refractivity contribution in [3.05, 3.63) is 42.1 Å². The summed E-state index contributed by atoms with van der Waals surface area (Å²) in [6, 6.07) is 12.1. The lowest BCUT2D eigenvalue weighted by molar-refractivity contribution is 0.270. The SMILES string of the molecule is CCN1CCN(c2nc(C)cc(Nc3ccccc3)n2)CC1. The van der Waals surface area contributed by atoms with Gasteiger partial charge in [-0.25, -0.2) is 4.98 Å². The fourth-order valence-corrected chi connectivity index (χ4v) is 2.69. The van der Waals surface area contributed by atoms with Crippen LogP contribution in [0.25, 0.3) is 0 Å². The molecule has 1 aromatic heterocycles. The molecule has 116 valence electrons. The van der Waals surface area contributed by atoms with E-state index in [9.17, 15) is 0 Å². The minimum atomic E-state index is 0.828. The molecule has 0 atom stereocenters. The summed E-state index contributed by atoms with van der Waals surface area (Å²) in [7, 11) is 0. The molecule has 1 aliphatic rings. The van der Waals surface area contributed by atoms with E-state index in [1.165, 1.54) is 0 Å². The molecule has 0 amide bonds. The molecule has 0 saturated carbocycles. The van der Waals surface area contributed by atoms with Crippen molar-refractivity contribution in [2.24, 2.45) is 0 Å². The Bertz CT molecular complexity index is 606. The van der Waals surface area contributed by atoms with Crippen molar-refractivity contribution in [3.8, 4) is 0 Å². The third-order valence-corrected chi connectivity index (χ3v) is 3.99. The number of aryl methyl sites for hydroxylation is 1. The van der Waals surface area contributed by atoms with Gasteiger partial charge in [-0.15, -0.1) is 0 Å². The zero-order valence-corrected chi connectivity index (χ0v) is 13.3. The third-order valence-electron chi connectivity index (χ3n) is 3.99. The molecule has 1 fully saturated rings. The van der Waals surface area contributed by atoms with Crippen molar-refractivity contribution < 1.29 is 0 Å². The molecule has 0 aliphatic carbocycles. The summed E-state index contributed by atoms with van der Waals surface area (Å²) >= 11 is 0. The summed E-state index contributed by atoms with van der Waals surface area (Å²) in [5.41, 5.74) is 2.03. The highest BCUT2D eigenvalue weighted by Crippen LogP contribution is 2.19. The van der Waals surface area contributed by atoms with Crippen molar-refractivity contribution in [2.75, 3.05) is 42.9 Å². The van der Waals surface area contributed by atoms with Crippen LogP contribution in [0.4, 0.5) is 17.5 Å². The lowest BCUT2D eigenvalue weighted by atomic mass is 10.3. The number of para-hydroxylation sites is 1. The van der Waals surface area contributed by atoms with E-state index >= 15 is 0 Å². The molecule has 0 spiro atoms. The highest BCUT2D eigenvalue weighted by Gasteiger charge is 2.18. The number of nitrogens with zero attached hydrogens (tertiary/aromatic N) is 4. The molecular weight excluding hydrogens is 274 g/mol. The van der Waals surface area contributed by atoms with Crippen molar-refractivity contribution in [2.45, 2.75) is 13.8 Å². The minimum Gasteiger partial charge on any atom is -0.340 e. The van der Waals surface area contributed by atoms with Crippen LogP contribution in [0.5, 0.6) is 0 Å². The monoisotopic (exact) mass is 297 g/mol. The fraction of sp³-hybridized carbons (Fsp3) is 0.412. The van der Waals surface area contributed by atoms with Gasteiger partial charge >= 0.3 is 0 Å². The van der Waals surface area contributed by atoms with E-state index in [-0.39, 0.29) is 0 Å². The van der Waals surface area contributed by atoms with Gasteiger partial charge in [-0.3, -0.25) is 0 Å². The molecule has 5 nitrogen and oxygen atoms in total. The Labute approximate surface area is 132 Å². The molecule has 2 heterocycles. The van der Waals surface area contributed by atoms with Crippen LogP contribution < -0.4 is 10.2 Å². The van der Waals surface area contributed by atoms with Gasteiger partial charge < -0.3 is 15.1 Å². The molecule has 1 aromatic carbocycles. The second-order valence-electron chi connectivity index (χ2n) is 5.61. The zero-order chi connectivity index (χ0) is 15.4. The second kappa shape index (κ2) is 6.75. The van der Waals surface area contributed by atoms with E-state index in [0.29, 0.717) is 0 Å². The lowest BCUT2D eigenvalue weighted by Gasteiger charge is -2.34. The molecular formula is C17H23N5. The molecule has 1 N–H and O–H groups in total. The topological polar surface area (TPSA) is 44.3 Å². The third kappa shape index (κ3) is 3.54. The summed E-state index contributed by atoms with van der Waals surface area (Å²) < 4.78 is 0. The van der Waals surface area contributed by atoms with Crippen LogP contribution in [0.1, 0.15) is 12.6 Å². The van der Waals surface area contributed by atoms with Crippen LogP contribution in [0.3, 0.4) is 0 Å². The molecule has 3 rings (SSSR count). The Kier molecular flexibility index (Phi) is 4.53. The zero-order valence-electron chi connectivity index (χ0n) is 13.3. The van der Waals surface area contributed by atoms with Crippen LogP contribution in [-0.2, 0) is 0 Å². The molecule has 0 bridgehead atoms. The Morgan fingerprint density at radius 2 is 1.77 bits per heavy atom. The van der Waals surface area contributed by atoms with Gasteiger partial charge in [0.1, 0.15) is 5.82 Å². The minimum absolute atomic E-state index is 0.828. The first-order chi connectivity index (χ1) is 10.7. The van der Waals surface area contributed by atoms with Crippen LogP contribution in [0.15, 0.2) is 36.4 Å². The Morgan fingerprint density at radius 3 is 2.45 bits per heavy atom. The maximum Gasteiger partial charge on any atom is 0.227 e. The summed E-state index contributed by atoms with van der Waals surface area (Å²) in [5, 5.41) is 3.36. The van der Waals surface area contributed by atoms with Gasteiger partial charge in [-0.2, -0.15) is 4.98 Å². The highest BCUT2D eigenvalue weighted by molar-refractivity contribution is 5.57. The average Bonchev–Trinajstić information content (AvgIpc) is 2.55. The molecule has 1 saturated heterocycles.